The third kappa shape index (κ3) is 4.00. The zero-order chi connectivity index (χ0) is 18.6. The summed E-state index contributed by atoms with van der Waals surface area (Å²) in [6.45, 7) is 1.00. The second-order valence-electron chi connectivity index (χ2n) is 6.22. The molecule has 2 N–H and O–H groups in total. The van der Waals surface area contributed by atoms with Gasteiger partial charge < -0.3 is 5.32 Å². The van der Waals surface area contributed by atoms with E-state index in [0.29, 0.717) is 24.7 Å². The van der Waals surface area contributed by atoms with Crippen LogP contribution in [0.3, 0.4) is 0 Å². The maximum Gasteiger partial charge on any atom is 0.322 e. The van der Waals surface area contributed by atoms with Crippen molar-refractivity contribution in [3.8, 4) is 0 Å². The molecule has 1 aliphatic rings. The monoisotopic (exact) mass is 366 g/mol. The molecule has 3 amide bonds. The van der Waals surface area contributed by atoms with Crippen LogP contribution in [-0.4, -0.2) is 47.5 Å². The average molecular weight is 366 g/mol. The summed E-state index contributed by atoms with van der Waals surface area (Å²) >= 11 is 0. The van der Waals surface area contributed by atoms with Crippen molar-refractivity contribution in [2.24, 2.45) is 0 Å². The van der Waals surface area contributed by atoms with Gasteiger partial charge in [0.1, 0.15) is 31.1 Å². The first kappa shape index (κ1) is 16.9. The van der Waals surface area contributed by atoms with Crippen molar-refractivity contribution in [2.45, 2.75) is 32.0 Å². The van der Waals surface area contributed by atoms with Crippen LogP contribution in [0.25, 0.3) is 0 Å². The molecule has 1 saturated heterocycles. The molecule has 1 aliphatic heterocycles. The number of hydrogen-bond acceptors (Lipinski definition) is 6. The molecule has 1 atom stereocenters. The highest BCUT2D eigenvalue weighted by molar-refractivity contribution is 6.04. The molecule has 3 heterocycles. The molecule has 2 aromatic heterocycles. The third-order valence-electron chi connectivity index (χ3n) is 4.26. The van der Waals surface area contributed by atoms with Gasteiger partial charge in [-0.25, -0.2) is 24.1 Å². The first-order chi connectivity index (χ1) is 13.2. The predicted molar refractivity (Wildman–Crippen MR) is 93.5 cm³/mol. The SMILES string of the molecule is O=C1NC(=O)[C@H](Cc2nc(Cn3cncn3)nn2CCc2ccccc2)N1. The number of nitrogens with one attached hydrogen (secondary N) is 2. The van der Waals surface area contributed by atoms with E-state index in [9.17, 15) is 9.59 Å². The van der Waals surface area contributed by atoms with Crippen molar-refractivity contribution in [3.63, 3.8) is 0 Å². The van der Waals surface area contributed by atoms with Crippen LogP contribution in [0.15, 0.2) is 43.0 Å². The molecular formula is C17H18N8O2. The first-order valence-electron chi connectivity index (χ1n) is 8.57. The third-order valence-corrected chi connectivity index (χ3v) is 4.26. The maximum atomic E-state index is 11.9. The number of rotatable bonds is 7. The van der Waals surface area contributed by atoms with Crippen LogP contribution in [0, 0.1) is 0 Å². The highest BCUT2D eigenvalue weighted by Gasteiger charge is 2.31. The number of carbonyl (C=O) groups excluding carboxylic acids is 2. The van der Waals surface area contributed by atoms with Gasteiger partial charge in [0.25, 0.3) is 5.91 Å². The minimum atomic E-state index is -0.642. The molecule has 1 aromatic carbocycles. The number of benzene rings is 1. The summed E-state index contributed by atoms with van der Waals surface area (Å²) in [5.41, 5.74) is 1.18. The number of carbonyl (C=O) groups is 2. The number of amides is 3. The van der Waals surface area contributed by atoms with Crippen LogP contribution in [0.2, 0.25) is 0 Å². The number of imide groups is 1. The largest absolute Gasteiger partial charge is 0.326 e. The maximum absolute atomic E-state index is 11.9. The lowest BCUT2D eigenvalue weighted by Gasteiger charge is -2.09. The van der Waals surface area contributed by atoms with Gasteiger partial charge >= 0.3 is 6.03 Å². The standard InChI is InChI=1S/C17H18N8O2/c26-16-13(20-17(27)22-16)8-15-21-14(9-24-11-18-10-19-24)23-25(15)7-6-12-4-2-1-3-5-12/h1-5,10-11,13H,6-9H2,(H2,20,22,26,27)/t13-/m0/s1. The summed E-state index contributed by atoms with van der Waals surface area (Å²) in [5.74, 6) is 0.868. The van der Waals surface area contributed by atoms with Gasteiger partial charge in [0.2, 0.25) is 0 Å². The number of nitrogens with zero attached hydrogens (tertiary/aromatic N) is 6. The first-order valence-corrected chi connectivity index (χ1v) is 8.57. The highest BCUT2D eigenvalue weighted by Crippen LogP contribution is 2.09. The van der Waals surface area contributed by atoms with Gasteiger partial charge in [0.15, 0.2) is 5.82 Å². The van der Waals surface area contributed by atoms with Gasteiger partial charge in [-0.1, -0.05) is 30.3 Å². The van der Waals surface area contributed by atoms with Crippen LogP contribution in [-0.2, 0) is 30.7 Å². The van der Waals surface area contributed by atoms with E-state index in [-0.39, 0.29) is 12.3 Å². The Morgan fingerprint density at radius 1 is 1.15 bits per heavy atom. The molecular weight excluding hydrogens is 348 g/mol. The van der Waals surface area contributed by atoms with Gasteiger partial charge in [0, 0.05) is 13.0 Å². The second kappa shape index (κ2) is 7.36. The second-order valence-corrected chi connectivity index (χ2v) is 6.22. The number of hydrogen-bond donors (Lipinski definition) is 2. The molecule has 0 radical (unpaired) electrons. The lowest BCUT2D eigenvalue weighted by atomic mass is 10.1. The Morgan fingerprint density at radius 3 is 2.70 bits per heavy atom. The summed E-state index contributed by atoms with van der Waals surface area (Å²) in [4.78, 5) is 31.7. The molecule has 3 aromatic rings. The van der Waals surface area contributed by atoms with Crippen molar-refractivity contribution >= 4 is 11.9 Å². The topological polar surface area (TPSA) is 120 Å². The number of urea groups is 1. The molecule has 1 fully saturated rings. The fourth-order valence-corrected chi connectivity index (χ4v) is 2.95. The summed E-state index contributed by atoms with van der Waals surface area (Å²) < 4.78 is 3.42. The van der Waals surface area contributed by atoms with Crippen LogP contribution in [0.4, 0.5) is 4.79 Å². The van der Waals surface area contributed by atoms with Crippen LogP contribution < -0.4 is 10.6 Å². The van der Waals surface area contributed by atoms with E-state index < -0.39 is 12.1 Å². The Kier molecular flexibility index (Phi) is 4.60. The lowest BCUT2D eigenvalue weighted by molar-refractivity contribution is -0.120. The Labute approximate surface area is 154 Å². The Balaban J connectivity index is 1.53. The molecule has 27 heavy (non-hydrogen) atoms. The van der Waals surface area contributed by atoms with Gasteiger partial charge in [-0.15, -0.1) is 0 Å². The lowest BCUT2D eigenvalue weighted by Crippen LogP contribution is -2.32. The molecule has 138 valence electrons. The van der Waals surface area contributed by atoms with Crippen LogP contribution in [0.5, 0.6) is 0 Å². The van der Waals surface area contributed by atoms with E-state index in [0.717, 1.165) is 6.42 Å². The fourth-order valence-electron chi connectivity index (χ4n) is 2.95. The van der Waals surface area contributed by atoms with E-state index in [4.69, 9.17) is 0 Å². The summed E-state index contributed by atoms with van der Waals surface area (Å²) in [5, 5.41) is 13.5. The average Bonchev–Trinajstić information content (AvgIpc) is 3.37. The summed E-state index contributed by atoms with van der Waals surface area (Å²) in [6.07, 6.45) is 4.10. The zero-order valence-corrected chi connectivity index (χ0v) is 14.4. The molecule has 0 unspecified atom stereocenters. The van der Waals surface area contributed by atoms with Crippen molar-refractivity contribution in [2.75, 3.05) is 0 Å². The Morgan fingerprint density at radius 2 is 2.00 bits per heavy atom. The number of aromatic nitrogens is 6. The molecule has 0 saturated carbocycles. The van der Waals surface area contributed by atoms with E-state index in [1.807, 2.05) is 18.2 Å². The van der Waals surface area contributed by atoms with E-state index >= 15 is 0 Å². The minimum Gasteiger partial charge on any atom is -0.326 e. The fraction of sp³-hybridized carbons (Fsp3) is 0.294. The van der Waals surface area contributed by atoms with Gasteiger partial charge in [0.05, 0.1) is 0 Å². The molecule has 10 heteroatoms. The Hall–Kier alpha value is -3.56. The summed E-state index contributed by atoms with van der Waals surface area (Å²) in [7, 11) is 0. The van der Waals surface area contributed by atoms with Crippen LogP contribution in [0.1, 0.15) is 17.2 Å². The minimum absolute atomic E-state index is 0.275. The van der Waals surface area contributed by atoms with Crippen molar-refractivity contribution in [3.05, 3.63) is 60.2 Å². The van der Waals surface area contributed by atoms with Crippen molar-refractivity contribution in [1.82, 2.24) is 40.2 Å². The zero-order valence-electron chi connectivity index (χ0n) is 14.4. The molecule has 0 aliphatic carbocycles. The normalized spacial score (nSPS) is 16.4. The molecule has 0 bridgehead atoms. The number of aryl methyl sites for hydroxylation is 2. The summed E-state index contributed by atoms with van der Waals surface area (Å²) in [6, 6.07) is 8.94. The van der Waals surface area contributed by atoms with E-state index in [1.54, 1.807) is 15.7 Å². The van der Waals surface area contributed by atoms with E-state index in [2.05, 4.69) is 42.9 Å². The highest BCUT2D eigenvalue weighted by atomic mass is 16.2. The quantitative estimate of drug-likeness (QED) is 0.564. The Bertz CT molecular complexity index is 935. The predicted octanol–water partition coefficient (Wildman–Crippen LogP) is -0.0889. The smallest absolute Gasteiger partial charge is 0.322 e. The molecule has 4 rings (SSSR count). The van der Waals surface area contributed by atoms with Gasteiger partial charge in [-0.05, 0) is 12.0 Å². The van der Waals surface area contributed by atoms with Crippen LogP contribution >= 0.6 is 0 Å². The molecule has 10 nitrogen and oxygen atoms in total. The van der Waals surface area contributed by atoms with Crippen molar-refractivity contribution < 1.29 is 9.59 Å². The molecule has 0 spiro atoms. The van der Waals surface area contributed by atoms with Crippen molar-refractivity contribution in [1.29, 1.82) is 0 Å². The van der Waals surface area contributed by atoms with E-state index in [1.165, 1.54) is 11.9 Å². The van der Waals surface area contributed by atoms with Gasteiger partial charge in [-0.2, -0.15) is 10.2 Å². The van der Waals surface area contributed by atoms with Gasteiger partial charge in [-0.3, -0.25) is 10.1 Å².